The first-order valence-corrected chi connectivity index (χ1v) is 10.9. The molecule has 3 rings (SSSR count). The number of likely N-dealkylation sites (tertiary alicyclic amines) is 1. The summed E-state index contributed by atoms with van der Waals surface area (Å²) in [5, 5.41) is 0.681. The summed E-state index contributed by atoms with van der Waals surface area (Å²) in [7, 11) is -3.44. The second-order valence-corrected chi connectivity index (χ2v) is 9.11. The van der Waals surface area contributed by atoms with E-state index in [1.165, 1.54) is 22.3 Å². The molecule has 1 aromatic heterocycles. The average Bonchev–Trinajstić information content (AvgIpc) is 3.15. The minimum absolute atomic E-state index is 0.129. The molecule has 132 valence electrons. The maximum Gasteiger partial charge on any atom is 0.244 e. The first-order chi connectivity index (χ1) is 11.6. The largest absolute Gasteiger partial charge is 0.342 e. The molecule has 2 saturated heterocycles. The fourth-order valence-corrected chi connectivity index (χ4v) is 5.26. The van der Waals surface area contributed by atoms with Gasteiger partial charge in [0.1, 0.15) is 4.90 Å². The quantitative estimate of drug-likeness (QED) is 0.742. The van der Waals surface area contributed by atoms with Crippen LogP contribution in [-0.4, -0.2) is 60.4 Å². The molecule has 0 bridgehead atoms. The Morgan fingerprint density at radius 2 is 1.71 bits per heavy atom. The molecule has 0 N–H and O–H groups in total. The number of hydrogen-bond donors (Lipinski definition) is 0. The predicted molar refractivity (Wildman–Crippen MR) is 93.4 cm³/mol. The first kappa shape index (κ1) is 17.7. The number of pyridine rings is 1. The van der Waals surface area contributed by atoms with E-state index in [0.29, 0.717) is 23.9 Å². The van der Waals surface area contributed by atoms with Gasteiger partial charge in [0.15, 0.2) is 0 Å². The lowest BCUT2D eigenvalue weighted by atomic mass is 10.2. The maximum atomic E-state index is 12.6. The molecule has 2 fully saturated rings. The number of sulfonamides is 1. The second-order valence-electron chi connectivity index (χ2n) is 6.17. The monoisotopic (exact) mass is 369 g/mol. The fourth-order valence-electron chi connectivity index (χ4n) is 3.05. The number of carbonyl (C=O) groups is 1. The van der Waals surface area contributed by atoms with Gasteiger partial charge >= 0.3 is 0 Å². The van der Waals surface area contributed by atoms with Crippen LogP contribution in [0.1, 0.15) is 32.1 Å². The van der Waals surface area contributed by atoms with Crippen LogP contribution in [0.2, 0.25) is 0 Å². The third-order valence-corrected chi connectivity index (χ3v) is 7.28. The van der Waals surface area contributed by atoms with Crippen LogP contribution in [0.5, 0.6) is 0 Å². The third kappa shape index (κ3) is 4.10. The lowest BCUT2D eigenvalue weighted by Gasteiger charge is -2.25. The number of nitrogens with zero attached hydrogens (tertiary/aromatic N) is 3. The van der Waals surface area contributed by atoms with Crippen LogP contribution in [-0.2, 0) is 14.8 Å². The summed E-state index contributed by atoms with van der Waals surface area (Å²) >= 11 is 1.36. The highest BCUT2D eigenvalue weighted by Crippen LogP contribution is 2.23. The molecule has 3 heterocycles. The molecular weight excluding hydrogens is 346 g/mol. The molecule has 2 aliphatic heterocycles. The van der Waals surface area contributed by atoms with Crippen LogP contribution >= 0.6 is 11.8 Å². The fraction of sp³-hybridized carbons (Fsp3) is 0.625. The Kier molecular flexibility index (Phi) is 5.78. The van der Waals surface area contributed by atoms with Crippen molar-refractivity contribution in [2.45, 2.75) is 42.0 Å². The Balaban J connectivity index is 1.59. The van der Waals surface area contributed by atoms with Crippen LogP contribution in [0.4, 0.5) is 0 Å². The van der Waals surface area contributed by atoms with Gasteiger partial charge in [0.2, 0.25) is 15.9 Å². The summed E-state index contributed by atoms with van der Waals surface area (Å²) in [6.07, 6.45) is 6.49. The number of rotatable bonds is 5. The van der Waals surface area contributed by atoms with Gasteiger partial charge in [-0.1, -0.05) is 18.2 Å². The van der Waals surface area contributed by atoms with Crippen LogP contribution in [0, 0.1) is 0 Å². The molecule has 24 heavy (non-hydrogen) atoms. The van der Waals surface area contributed by atoms with Crippen LogP contribution in [0.3, 0.4) is 0 Å². The van der Waals surface area contributed by atoms with E-state index < -0.39 is 10.0 Å². The van der Waals surface area contributed by atoms with Gasteiger partial charge in [0, 0.05) is 32.4 Å². The van der Waals surface area contributed by atoms with E-state index in [9.17, 15) is 13.2 Å². The van der Waals surface area contributed by atoms with Crippen LogP contribution in [0.25, 0.3) is 0 Å². The standard InChI is InChI=1S/C16H23N3O3S2/c20-16(18-8-4-5-9-18)13-23-15-7-6-14(12-17-15)24(21,22)19-10-2-1-3-11-19/h6-7,12H,1-5,8-11,13H2. The number of piperidine rings is 1. The molecular formula is C16H23N3O3S2. The van der Waals surface area contributed by atoms with Gasteiger partial charge in [-0.25, -0.2) is 13.4 Å². The summed E-state index contributed by atoms with van der Waals surface area (Å²) in [6, 6.07) is 3.29. The Morgan fingerprint density at radius 1 is 1.04 bits per heavy atom. The van der Waals surface area contributed by atoms with Crippen molar-refractivity contribution in [3.63, 3.8) is 0 Å². The highest BCUT2D eigenvalue weighted by molar-refractivity contribution is 7.99. The number of hydrogen-bond acceptors (Lipinski definition) is 5. The van der Waals surface area contributed by atoms with E-state index in [2.05, 4.69) is 4.98 Å². The van der Waals surface area contributed by atoms with Crippen molar-refractivity contribution in [3.05, 3.63) is 18.3 Å². The third-order valence-electron chi connectivity index (χ3n) is 4.46. The van der Waals surface area contributed by atoms with Crippen molar-refractivity contribution >= 4 is 27.7 Å². The number of carbonyl (C=O) groups excluding carboxylic acids is 1. The molecule has 2 aliphatic rings. The van der Waals surface area contributed by atoms with Crippen LogP contribution < -0.4 is 0 Å². The Bertz CT molecular complexity index is 664. The van der Waals surface area contributed by atoms with Crippen molar-refractivity contribution in [1.29, 1.82) is 0 Å². The summed E-state index contributed by atoms with van der Waals surface area (Å²) in [5.74, 6) is 0.481. The molecule has 0 spiro atoms. The summed E-state index contributed by atoms with van der Waals surface area (Å²) in [6.45, 7) is 2.87. The van der Waals surface area contributed by atoms with Crippen molar-refractivity contribution in [2.75, 3.05) is 31.9 Å². The van der Waals surface area contributed by atoms with Gasteiger partial charge in [-0.3, -0.25) is 4.79 Å². The Morgan fingerprint density at radius 3 is 2.33 bits per heavy atom. The van der Waals surface area contributed by atoms with Gasteiger partial charge in [0.25, 0.3) is 0 Å². The van der Waals surface area contributed by atoms with Crippen molar-refractivity contribution in [3.8, 4) is 0 Å². The van der Waals surface area contributed by atoms with Crippen molar-refractivity contribution in [1.82, 2.24) is 14.2 Å². The number of aromatic nitrogens is 1. The minimum Gasteiger partial charge on any atom is -0.342 e. The summed E-state index contributed by atoms with van der Waals surface area (Å²) in [5.41, 5.74) is 0. The van der Waals surface area contributed by atoms with Gasteiger partial charge in [0.05, 0.1) is 10.8 Å². The molecule has 1 aromatic rings. The molecule has 0 radical (unpaired) electrons. The van der Waals surface area contributed by atoms with Gasteiger partial charge in [-0.15, -0.1) is 0 Å². The van der Waals surface area contributed by atoms with Gasteiger partial charge < -0.3 is 4.90 Å². The van der Waals surface area contributed by atoms with E-state index in [0.717, 1.165) is 45.2 Å². The highest BCUT2D eigenvalue weighted by Gasteiger charge is 2.26. The van der Waals surface area contributed by atoms with E-state index in [4.69, 9.17) is 0 Å². The number of thioether (sulfide) groups is 1. The summed E-state index contributed by atoms with van der Waals surface area (Å²) < 4.78 is 26.7. The van der Waals surface area contributed by atoms with Crippen LogP contribution in [0.15, 0.2) is 28.3 Å². The second kappa shape index (κ2) is 7.84. The van der Waals surface area contributed by atoms with Crippen molar-refractivity contribution < 1.29 is 13.2 Å². The first-order valence-electron chi connectivity index (χ1n) is 8.44. The SMILES string of the molecule is O=C(CSc1ccc(S(=O)(=O)N2CCCCC2)cn1)N1CCCC1. The zero-order valence-corrected chi connectivity index (χ0v) is 15.3. The van der Waals surface area contributed by atoms with E-state index in [-0.39, 0.29) is 10.8 Å². The maximum absolute atomic E-state index is 12.6. The topological polar surface area (TPSA) is 70.6 Å². The molecule has 8 heteroatoms. The molecule has 0 atom stereocenters. The van der Waals surface area contributed by atoms with E-state index in [1.54, 1.807) is 12.1 Å². The molecule has 0 aliphatic carbocycles. The zero-order chi connectivity index (χ0) is 17.0. The van der Waals surface area contributed by atoms with E-state index >= 15 is 0 Å². The Hall–Kier alpha value is -1.12. The lowest BCUT2D eigenvalue weighted by molar-refractivity contribution is -0.127. The predicted octanol–water partition coefficient (Wildman–Crippen LogP) is 1.97. The molecule has 6 nitrogen and oxygen atoms in total. The number of amides is 1. The molecule has 0 unspecified atom stereocenters. The normalized spacial score (nSPS) is 19.6. The minimum atomic E-state index is -3.44. The zero-order valence-electron chi connectivity index (χ0n) is 13.7. The molecule has 0 aromatic carbocycles. The molecule has 1 amide bonds. The lowest BCUT2D eigenvalue weighted by Crippen LogP contribution is -2.35. The average molecular weight is 370 g/mol. The summed E-state index contributed by atoms with van der Waals surface area (Å²) in [4.78, 5) is 18.4. The van der Waals surface area contributed by atoms with E-state index in [1.807, 2.05) is 4.90 Å². The van der Waals surface area contributed by atoms with Crippen molar-refractivity contribution in [2.24, 2.45) is 0 Å². The molecule has 0 saturated carbocycles. The highest BCUT2D eigenvalue weighted by atomic mass is 32.2. The smallest absolute Gasteiger partial charge is 0.244 e. The van der Waals surface area contributed by atoms with Gasteiger partial charge in [-0.2, -0.15) is 4.31 Å². The van der Waals surface area contributed by atoms with Gasteiger partial charge in [-0.05, 0) is 37.8 Å². The Labute approximate surface area is 147 Å².